The normalized spacial score (nSPS) is 13.2. The van der Waals surface area contributed by atoms with Gasteiger partial charge in [0.15, 0.2) is 0 Å². The Morgan fingerprint density at radius 1 is 1.22 bits per heavy atom. The maximum Gasteiger partial charge on any atom is 0.422 e. The van der Waals surface area contributed by atoms with Crippen molar-refractivity contribution in [1.82, 2.24) is 24.3 Å². The van der Waals surface area contributed by atoms with E-state index < -0.39 is 6.09 Å². The molecular weight excluding hydrogens is 430 g/mol. The summed E-state index contributed by atoms with van der Waals surface area (Å²) in [5.74, 6) is 1.74. The lowest BCUT2D eigenvalue weighted by Gasteiger charge is -2.16. The largest absolute Gasteiger partial charge is 0.422 e. The van der Waals surface area contributed by atoms with Crippen LogP contribution in [0.2, 0.25) is 5.02 Å². The second-order valence-corrected chi connectivity index (χ2v) is 8.03. The van der Waals surface area contributed by atoms with E-state index in [0.717, 1.165) is 11.3 Å². The average Bonchev–Trinajstić information content (AvgIpc) is 3.56. The molecular formula is C22H20ClN7O2. The molecule has 0 saturated heterocycles. The van der Waals surface area contributed by atoms with Gasteiger partial charge in [-0.2, -0.15) is 0 Å². The van der Waals surface area contributed by atoms with Gasteiger partial charge in [0.1, 0.15) is 23.6 Å². The van der Waals surface area contributed by atoms with Crippen molar-refractivity contribution >= 4 is 35.0 Å². The number of hydrogen-bond acceptors (Lipinski definition) is 7. The summed E-state index contributed by atoms with van der Waals surface area (Å²) in [6.45, 7) is 0.484. The molecule has 1 aliphatic carbocycles. The number of halogens is 1. The highest BCUT2D eigenvalue weighted by molar-refractivity contribution is 6.30. The first-order chi connectivity index (χ1) is 15.5. The van der Waals surface area contributed by atoms with E-state index in [1.54, 1.807) is 19.2 Å². The molecule has 9 nitrogen and oxygen atoms in total. The Morgan fingerprint density at radius 2 is 2.09 bits per heavy atom. The average molecular weight is 450 g/mol. The maximum absolute atomic E-state index is 12.4. The van der Waals surface area contributed by atoms with Crippen LogP contribution < -0.4 is 15.0 Å². The Kier molecular flexibility index (Phi) is 5.32. The van der Waals surface area contributed by atoms with Gasteiger partial charge in [0, 0.05) is 42.8 Å². The number of hydrogen-bond donors (Lipinski definition) is 1. The fourth-order valence-electron chi connectivity index (χ4n) is 3.31. The number of imidazole rings is 1. The number of carbonyl (C=O) groups excluding carboxylic acids is 1. The first-order valence-electron chi connectivity index (χ1n) is 10.2. The van der Waals surface area contributed by atoms with E-state index in [1.807, 2.05) is 6.20 Å². The van der Waals surface area contributed by atoms with Gasteiger partial charge in [-0.05, 0) is 36.5 Å². The summed E-state index contributed by atoms with van der Waals surface area (Å²) < 4.78 is 7.30. The Bertz CT molecular complexity index is 1290. The Balaban J connectivity index is 1.24. The molecule has 1 amide bonds. The third kappa shape index (κ3) is 4.47. The molecule has 4 aromatic heterocycles. The fourth-order valence-corrected chi connectivity index (χ4v) is 3.46. The maximum atomic E-state index is 12.4. The van der Waals surface area contributed by atoms with Gasteiger partial charge in [-0.3, -0.25) is 4.90 Å². The summed E-state index contributed by atoms with van der Waals surface area (Å²) in [4.78, 5) is 30.7. The van der Waals surface area contributed by atoms with Crippen LogP contribution in [0.1, 0.15) is 30.0 Å². The number of carbonyl (C=O) groups is 1. The van der Waals surface area contributed by atoms with Crippen LogP contribution in [0.15, 0.2) is 55.2 Å². The molecule has 0 atom stereocenters. The zero-order chi connectivity index (χ0) is 22.1. The first kappa shape index (κ1) is 20.2. The zero-order valence-electron chi connectivity index (χ0n) is 17.3. The zero-order valence-corrected chi connectivity index (χ0v) is 18.0. The van der Waals surface area contributed by atoms with Gasteiger partial charge in [-0.1, -0.05) is 17.7 Å². The molecule has 5 rings (SSSR count). The van der Waals surface area contributed by atoms with Crippen LogP contribution in [-0.4, -0.2) is 37.5 Å². The summed E-state index contributed by atoms with van der Waals surface area (Å²) in [6, 6.07) is 8.92. The highest BCUT2D eigenvalue weighted by Crippen LogP contribution is 2.39. The standard InChI is InChI=1S/C22H20ClN7O2/c1-29(22(31)32-21-8-16(23)6-7-24-21)20-9-18(26-13-27-20)25-10-17-12-30-11-15(14-2-3-14)4-5-19(30)28-17/h4-9,11-14H,2-3,10H2,1H3,(H,25,26,27). The first-order valence-corrected chi connectivity index (χ1v) is 10.5. The van der Waals surface area contributed by atoms with Crippen LogP contribution >= 0.6 is 11.6 Å². The second-order valence-electron chi connectivity index (χ2n) is 7.59. The third-order valence-corrected chi connectivity index (χ3v) is 5.42. The predicted octanol–water partition coefficient (Wildman–Crippen LogP) is 4.30. The van der Waals surface area contributed by atoms with E-state index in [2.05, 4.69) is 48.0 Å². The van der Waals surface area contributed by atoms with E-state index in [1.165, 1.54) is 41.9 Å². The topological polar surface area (TPSA) is 97.5 Å². The minimum absolute atomic E-state index is 0.110. The summed E-state index contributed by atoms with van der Waals surface area (Å²) in [5, 5.41) is 3.65. The van der Waals surface area contributed by atoms with Crippen molar-refractivity contribution in [1.29, 1.82) is 0 Å². The van der Waals surface area contributed by atoms with E-state index in [4.69, 9.17) is 16.3 Å². The van der Waals surface area contributed by atoms with Crippen LogP contribution in [0.3, 0.4) is 0 Å². The van der Waals surface area contributed by atoms with Crippen LogP contribution in [0.5, 0.6) is 5.88 Å². The van der Waals surface area contributed by atoms with Gasteiger partial charge in [0.25, 0.3) is 0 Å². The van der Waals surface area contributed by atoms with Crippen molar-refractivity contribution < 1.29 is 9.53 Å². The van der Waals surface area contributed by atoms with Crippen LogP contribution in [0, 0.1) is 0 Å². The number of pyridine rings is 2. The Hall–Kier alpha value is -3.72. The smallest absolute Gasteiger partial charge is 0.391 e. The molecule has 1 aliphatic rings. The number of rotatable bonds is 6. The van der Waals surface area contributed by atoms with Crippen LogP contribution in [0.25, 0.3) is 5.65 Å². The molecule has 162 valence electrons. The van der Waals surface area contributed by atoms with Crippen molar-refractivity contribution in [2.75, 3.05) is 17.3 Å². The highest BCUT2D eigenvalue weighted by Gasteiger charge is 2.23. The SMILES string of the molecule is CN(C(=O)Oc1cc(Cl)ccn1)c1cc(NCc2cn3cc(C4CC4)ccc3n2)ncn1. The minimum atomic E-state index is -0.642. The van der Waals surface area contributed by atoms with Crippen molar-refractivity contribution in [2.45, 2.75) is 25.3 Å². The molecule has 1 N–H and O–H groups in total. The molecule has 0 spiro atoms. The van der Waals surface area contributed by atoms with Gasteiger partial charge in [-0.15, -0.1) is 0 Å². The van der Waals surface area contributed by atoms with Gasteiger partial charge < -0.3 is 14.5 Å². The number of nitrogens with one attached hydrogen (secondary N) is 1. The summed E-state index contributed by atoms with van der Waals surface area (Å²) in [5.41, 5.74) is 3.15. The summed E-state index contributed by atoms with van der Waals surface area (Å²) >= 11 is 5.90. The van der Waals surface area contributed by atoms with Crippen LogP contribution in [0.4, 0.5) is 16.4 Å². The molecule has 4 aromatic rings. The molecule has 1 fully saturated rings. The van der Waals surface area contributed by atoms with Gasteiger partial charge in [0.05, 0.1) is 12.2 Å². The quantitative estimate of drug-likeness (QED) is 0.468. The van der Waals surface area contributed by atoms with Gasteiger partial charge in [0.2, 0.25) is 5.88 Å². The van der Waals surface area contributed by atoms with Gasteiger partial charge >= 0.3 is 6.09 Å². The second kappa shape index (κ2) is 8.43. The lowest BCUT2D eigenvalue weighted by atomic mass is 10.2. The number of amides is 1. The number of anilines is 2. The van der Waals surface area contributed by atoms with Crippen molar-refractivity contribution in [3.05, 3.63) is 71.5 Å². The molecule has 0 bridgehead atoms. The Labute approximate surface area is 189 Å². The molecule has 0 radical (unpaired) electrons. The fraction of sp³-hybridized carbons (Fsp3) is 0.227. The third-order valence-electron chi connectivity index (χ3n) is 5.18. The molecule has 0 unspecified atom stereocenters. The van der Waals surface area contributed by atoms with Crippen molar-refractivity contribution in [2.24, 2.45) is 0 Å². The monoisotopic (exact) mass is 449 g/mol. The number of aromatic nitrogens is 5. The summed E-state index contributed by atoms with van der Waals surface area (Å²) in [7, 11) is 1.55. The molecule has 32 heavy (non-hydrogen) atoms. The lowest BCUT2D eigenvalue weighted by molar-refractivity contribution is 0.207. The highest BCUT2D eigenvalue weighted by atomic mass is 35.5. The van der Waals surface area contributed by atoms with E-state index in [9.17, 15) is 4.79 Å². The van der Waals surface area contributed by atoms with Gasteiger partial charge in [-0.25, -0.2) is 24.7 Å². The van der Waals surface area contributed by atoms with E-state index in [-0.39, 0.29) is 5.88 Å². The number of ether oxygens (including phenoxy) is 1. The summed E-state index contributed by atoms with van der Waals surface area (Å²) in [6.07, 6.45) is 8.90. The molecule has 0 aliphatic heterocycles. The predicted molar refractivity (Wildman–Crippen MR) is 120 cm³/mol. The van der Waals surface area contributed by atoms with E-state index in [0.29, 0.717) is 29.1 Å². The lowest BCUT2D eigenvalue weighted by Crippen LogP contribution is -2.30. The number of nitrogens with zero attached hydrogens (tertiary/aromatic N) is 6. The minimum Gasteiger partial charge on any atom is -0.391 e. The Morgan fingerprint density at radius 3 is 2.91 bits per heavy atom. The molecule has 0 aromatic carbocycles. The molecule has 10 heteroatoms. The molecule has 4 heterocycles. The van der Waals surface area contributed by atoms with E-state index >= 15 is 0 Å². The van der Waals surface area contributed by atoms with Crippen molar-refractivity contribution in [3.8, 4) is 5.88 Å². The number of fused-ring (bicyclic) bond motifs is 1. The molecule has 1 saturated carbocycles. The van der Waals surface area contributed by atoms with Crippen molar-refractivity contribution in [3.63, 3.8) is 0 Å². The van der Waals surface area contributed by atoms with Crippen LogP contribution in [-0.2, 0) is 6.54 Å².